The molecule has 1 N–H and O–H groups in total. The van der Waals surface area contributed by atoms with E-state index < -0.39 is 0 Å². The molecule has 3 aromatic rings. The Hall–Kier alpha value is -3.48. The molecule has 28 heavy (non-hydrogen) atoms. The SMILES string of the molecule is C=CCCn1cnnc1-c1cccc(NC(=O)c2cc(C)ccc2OCC)n1.[HH]. The van der Waals surface area contributed by atoms with Crippen molar-refractivity contribution in [2.24, 2.45) is 0 Å². The summed E-state index contributed by atoms with van der Waals surface area (Å²) < 4.78 is 7.48. The van der Waals surface area contributed by atoms with Crippen molar-refractivity contribution in [3.63, 3.8) is 0 Å². The molecular weight excluding hydrogens is 354 g/mol. The number of ether oxygens (including phenoxy) is 1. The average molecular weight is 379 g/mol. The number of nitrogens with one attached hydrogen (secondary N) is 1. The first kappa shape index (κ1) is 19.3. The van der Waals surface area contributed by atoms with Crippen molar-refractivity contribution in [1.82, 2.24) is 19.7 Å². The van der Waals surface area contributed by atoms with Crippen molar-refractivity contribution in [2.75, 3.05) is 11.9 Å². The highest BCUT2D eigenvalue weighted by Gasteiger charge is 2.15. The van der Waals surface area contributed by atoms with Crippen LogP contribution in [0.1, 0.15) is 30.7 Å². The highest BCUT2D eigenvalue weighted by Crippen LogP contribution is 2.22. The van der Waals surface area contributed by atoms with E-state index in [2.05, 4.69) is 27.1 Å². The van der Waals surface area contributed by atoms with E-state index in [4.69, 9.17) is 4.74 Å². The maximum Gasteiger partial charge on any atom is 0.260 e. The summed E-state index contributed by atoms with van der Waals surface area (Å²) >= 11 is 0. The van der Waals surface area contributed by atoms with Gasteiger partial charge in [0, 0.05) is 7.97 Å². The molecule has 7 nitrogen and oxygen atoms in total. The molecule has 0 aliphatic heterocycles. The van der Waals surface area contributed by atoms with Gasteiger partial charge in [0.1, 0.15) is 23.6 Å². The number of hydrogen-bond donors (Lipinski definition) is 1. The van der Waals surface area contributed by atoms with E-state index in [1.165, 1.54) is 0 Å². The summed E-state index contributed by atoms with van der Waals surface area (Å²) in [6.45, 7) is 8.75. The highest BCUT2D eigenvalue weighted by molar-refractivity contribution is 6.06. The topological polar surface area (TPSA) is 81.9 Å². The number of hydrogen-bond acceptors (Lipinski definition) is 5. The van der Waals surface area contributed by atoms with E-state index in [-0.39, 0.29) is 7.33 Å². The number of pyridine rings is 1. The van der Waals surface area contributed by atoms with Gasteiger partial charge in [-0.3, -0.25) is 4.79 Å². The molecule has 0 bridgehead atoms. The van der Waals surface area contributed by atoms with E-state index >= 15 is 0 Å². The molecule has 3 rings (SSSR count). The van der Waals surface area contributed by atoms with Gasteiger partial charge in [-0.25, -0.2) is 4.98 Å². The third-order valence-electron chi connectivity index (χ3n) is 4.09. The first-order valence-electron chi connectivity index (χ1n) is 9.13. The summed E-state index contributed by atoms with van der Waals surface area (Å²) in [6, 6.07) is 10.9. The lowest BCUT2D eigenvalue weighted by molar-refractivity contribution is 0.102. The summed E-state index contributed by atoms with van der Waals surface area (Å²) in [7, 11) is 0. The van der Waals surface area contributed by atoms with Gasteiger partial charge in [-0.2, -0.15) is 0 Å². The second kappa shape index (κ2) is 8.94. The Bertz CT molecular complexity index is 987. The van der Waals surface area contributed by atoms with E-state index in [0.29, 0.717) is 41.8 Å². The van der Waals surface area contributed by atoms with Gasteiger partial charge in [0.2, 0.25) is 0 Å². The van der Waals surface area contributed by atoms with Crippen LogP contribution in [-0.2, 0) is 6.54 Å². The average Bonchev–Trinajstić information content (AvgIpc) is 3.16. The van der Waals surface area contributed by atoms with E-state index in [1.54, 1.807) is 24.5 Å². The molecule has 1 amide bonds. The number of nitrogens with zero attached hydrogens (tertiary/aromatic N) is 4. The molecule has 0 atom stereocenters. The van der Waals surface area contributed by atoms with Crippen LogP contribution < -0.4 is 10.1 Å². The molecule has 0 aliphatic carbocycles. The second-order valence-corrected chi connectivity index (χ2v) is 6.22. The lowest BCUT2D eigenvalue weighted by Gasteiger charge is -2.12. The number of aryl methyl sites for hydroxylation is 2. The maximum absolute atomic E-state index is 12.8. The number of carbonyl (C=O) groups excluding carboxylic acids is 1. The fourth-order valence-corrected chi connectivity index (χ4v) is 2.76. The number of anilines is 1. The van der Waals surface area contributed by atoms with Crippen LogP contribution in [0.25, 0.3) is 11.5 Å². The van der Waals surface area contributed by atoms with Gasteiger partial charge >= 0.3 is 0 Å². The van der Waals surface area contributed by atoms with E-state index in [1.807, 2.05) is 42.7 Å². The van der Waals surface area contributed by atoms with Gasteiger partial charge in [-0.1, -0.05) is 23.8 Å². The Balaban J connectivity index is 0.00000300. The molecule has 0 saturated heterocycles. The third-order valence-corrected chi connectivity index (χ3v) is 4.09. The third kappa shape index (κ3) is 4.43. The number of aromatic nitrogens is 4. The van der Waals surface area contributed by atoms with Crippen molar-refractivity contribution in [3.8, 4) is 17.3 Å². The second-order valence-electron chi connectivity index (χ2n) is 6.22. The van der Waals surface area contributed by atoms with Crippen LogP contribution in [-0.4, -0.2) is 32.3 Å². The molecule has 146 valence electrons. The minimum Gasteiger partial charge on any atom is -0.493 e. The molecule has 0 radical (unpaired) electrons. The number of carbonyl (C=O) groups is 1. The predicted molar refractivity (Wildman–Crippen MR) is 110 cm³/mol. The Kier molecular flexibility index (Phi) is 6.16. The van der Waals surface area contributed by atoms with Crippen LogP contribution >= 0.6 is 0 Å². The fraction of sp³-hybridized carbons (Fsp3) is 0.238. The number of amides is 1. The first-order valence-corrected chi connectivity index (χ1v) is 9.13. The van der Waals surface area contributed by atoms with Gasteiger partial charge in [0.25, 0.3) is 5.91 Å². The Morgan fingerprint density at radius 1 is 1.36 bits per heavy atom. The smallest absolute Gasteiger partial charge is 0.260 e. The molecule has 0 saturated carbocycles. The van der Waals surface area contributed by atoms with Crippen LogP contribution in [0.3, 0.4) is 0 Å². The molecule has 0 aliphatic rings. The van der Waals surface area contributed by atoms with Crippen molar-refractivity contribution < 1.29 is 11.0 Å². The maximum atomic E-state index is 12.8. The molecule has 0 fully saturated rings. The molecule has 2 heterocycles. The Labute approximate surface area is 165 Å². The van der Waals surface area contributed by atoms with Crippen molar-refractivity contribution in [2.45, 2.75) is 26.8 Å². The summed E-state index contributed by atoms with van der Waals surface area (Å²) in [4.78, 5) is 17.3. The molecule has 0 unspecified atom stereocenters. The zero-order chi connectivity index (χ0) is 19.9. The van der Waals surface area contributed by atoms with E-state index in [0.717, 1.165) is 12.0 Å². The number of rotatable bonds is 8. The largest absolute Gasteiger partial charge is 0.493 e. The first-order chi connectivity index (χ1) is 13.6. The van der Waals surface area contributed by atoms with Gasteiger partial charge in [-0.05, 0) is 44.5 Å². The van der Waals surface area contributed by atoms with Crippen molar-refractivity contribution >= 4 is 11.7 Å². The van der Waals surface area contributed by atoms with Gasteiger partial charge < -0.3 is 14.6 Å². The molecule has 7 heteroatoms. The zero-order valence-electron chi connectivity index (χ0n) is 16.1. The van der Waals surface area contributed by atoms with Gasteiger partial charge in [-0.15, -0.1) is 16.8 Å². The molecule has 1 aromatic carbocycles. The van der Waals surface area contributed by atoms with Crippen molar-refractivity contribution in [3.05, 3.63) is 66.5 Å². The monoisotopic (exact) mass is 379 g/mol. The normalized spacial score (nSPS) is 10.5. The quantitative estimate of drug-likeness (QED) is 0.595. The summed E-state index contributed by atoms with van der Waals surface area (Å²) in [5.74, 6) is 1.35. The lowest BCUT2D eigenvalue weighted by Crippen LogP contribution is -2.15. The van der Waals surface area contributed by atoms with Crippen molar-refractivity contribution in [1.29, 1.82) is 0 Å². The van der Waals surface area contributed by atoms with Crippen LogP contribution in [0.5, 0.6) is 5.75 Å². The molecule has 0 spiro atoms. The number of benzene rings is 1. The molecular formula is C21H25N5O2. The summed E-state index contributed by atoms with van der Waals surface area (Å²) in [5, 5.41) is 11.0. The van der Waals surface area contributed by atoms with Crippen LogP contribution in [0.4, 0.5) is 5.82 Å². The highest BCUT2D eigenvalue weighted by atomic mass is 16.5. The predicted octanol–water partition coefficient (Wildman–Crippen LogP) is 4.12. The van der Waals surface area contributed by atoms with Crippen LogP contribution in [0.2, 0.25) is 0 Å². The lowest BCUT2D eigenvalue weighted by atomic mass is 10.1. The van der Waals surface area contributed by atoms with E-state index in [9.17, 15) is 4.79 Å². The fourth-order valence-electron chi connectivity index (χ4n) is 2.76. The zero-order valence-corrected chi connectivity index (χ0v) is 16.1. The Morgan fingerprint density at radius 3 is 3.00 bits per heavy atom. The summed E-state index contributed by atoms with van der Waals surface area (Å²) in [6.07, 6.45) is 4.30. The molecule has 2 aromatic heterocycles. The minimum atomic E-state index is -0.273. The summed E-state index contributed by atoms with van der Waals surface area (Å²) in [5.41, 5.74) is 2.09. The van der Waals surface area contributed by atoms with Gasteiger partial charge in [0.15, 0.2) is 5.82 Å². The van der Waals surface area contributed by atoms with Crippen LogP contribution in [0, 0.1) is 6.92 Å². The minimum absolute atomic E-state index is 0. The Morgan fingerprint density at radius 2 is 2.21 bits per heavy atom. The number of allylic oxidation sites excluding steroid dienone is 1. The van der Waals surface area contributed by atoms with Crippen LogP contribution in [0.15, 0.2) is 55.4 Å². The standard InChI is InChI=1S/C21H23N5O2.H2/c1-4-6-12-26-14-22-25-20(26)17-8-7-9-19(23-17)24-21(27)16-13-15(3)10-11-18(16)28-5-2;/h4,7-11,13-14H,1,5-6,12H2,2-3H3,(H,23,24,27);1H. The van der Waals surface area contributed by atoms with Gasteiger partial charge in [0.05, 0.1) is 12.2 Å².